The van der Waals surface area contributed by atoms with E-state index < -0.39 is 37.1 Å². The number of ketones is 1. The Morgan fingerprint density at radius 2 is 2.03 bits per heavy atom. The van der Waals surface area contributed by atoms with Gasteiger partial charge in [0.2, 0.25) is 10.9 Å². The first-order valence-electron chi connectivity index (χ1n) is 9.62. The van der Waals surface area contributed by atoms with Crippen LogP contribution in [0.1, 0.15) is 23.7 Å². The van der Waals surface area contributed by atoms with E-state index in [1.807, 2.05) is 0 Å². The number of nitrogens with zero attached hydrogens (tertiary/aromatic N) is 5. The molecule has 0 N–H and O–H groups in total. The maximum atomic E-state index is 13.8. The van der Waals surface area contributed by atoms with Crippen LogP contribution in [0.25, 0.3) is 0 Å². The number of tetrazole rings is 1. The van der Waals surface area contributed by atoms with Gasteiger partial charge in [0.15, 0.2) is 20.8 Å². The van der Waals surface area contributed by atoms with Crippen molar-refractivity contribution in [2.75, 3.05) is 7.11 Å². The van der Waals surface area contributed by atoms with Crippen molar-refractivity contribution in [3.8, 4) is 0 Å². The first kappa shape index (κ1) is 22.4. The summed E-state index contributed by atoms with van der Waals surface area (Å²) < 4.78 is 33.2. The minimum absolute atomic E-state index is 0.0164. The highest BCUT2D eigenvalue weighted by Crippen LogP contribution is 2.52. The Kier molecular flexibility index (Phi) is 5.55. The van der Waals surface area contributed by atoms with Crippen LogP contribution in [0.15, 0.2) is 59.4 Å². The quantitative estimate of drug-likeness (QED) is 0.331. The fourth-order valence-electron chi connectivity index (χ4n) is 4.12. The average molecular weight is 476 g/mol. The highest BCUT2D eigenvalue weighted by atomic mass is 32.3. The molecule has 12 heteroatoms. The monoisotopic (exact) mass is 475 g/mol. The predicted molar refractivity (Wildman–Crippen MR) is 116 cm³/mol. The molecular formula is C20H21N5O5S2. The molecule has 0 spiro atoms. The molecule has 0 saturated carbocycles. The van der Waals surface area contributed by atoms with Gasteiger partial charge in [-0.15, -0.1) is 11.7 Å². The Morgan fingerprint density at radius 1 is 1.34 bits per heavy atom. The van der Waals surface area contributed by atoms with Crippen molar-refractivity contribution in [3.05, 3.63) is 59.8 Å². The van der Waals surface area contributed by atoms with Crippen LogP contribution in [-0.4, -0.2) is 67.9 Å². The van der Waals surface area contributed by atoms with E-state index in [1.165, 1.54) is 17.9 Å². The van der Waals surface area contributed by atoms with Crippen LogP contribution in [0.5, 0.6) is 0 Å². The SMILES string of the molecule is C=CC[C@@]1(OC)C(=O)N2C(C(=O)c3ccccc3)=C(C)C(Sc3nnnn3C)S(=O)(=O)[C@@H]21. The highest BCUT2D eigenvalue weighted by Gasteiger charge is 2.71. The van der Waals surface area contributed by atoms with E-state index in [0.29, 0.717) is 5.56 Å². The van der Waals surface area contributed by atoms with Crippen molar-refractivity contribution < 1.29 is 22.7 Å². The number of hydrogen-bond donors (Lipinski definition) is 0. The fraction of sp³-hybridized carbons (Fsp3) is 0.350. The number of hydrogen-bond acceptors (Lipinski definition) is 9. The zero-order valence-electron chi connectivity index (χ0n) is 17.6. The second kappa shape index (κ2) is 7.94. The lowest BCUT2D eigenvalue weighted by Gasteiger charge is -2.57. The first-order valence-corrected chi connectivity index (χ1v) is 12.1. The number of amides is 1. The van der Waals surface area contributed by atoms with Crippen molar-refractivity contribution in [2.24, 2.45) is 7.05 Å². The summed E-state index contributed by atoms with van der Waals surface area (Å²) in [6, 6.07) is 8.40. The number of fused-ring (bicyclic) bond motifs is 1. The fourth-order valence-corrected chi connectivity index (χ4v) is 8.14. The highest BCUT2D eigenvalue weighted by molar-refractivity contribution is 8.14. The number of sulfone groups is 1. The molecule has 10 nitrogen and oxygen atoms in total. The molecule has 2 aliphatic heterocycles. The molecule has 1 aromatic heterocycles. The van der Waals surface area contributed by atoms with Gasteiger partial charge < -0.3 is 4.74 Å². The molecule has 1 unspecified atom stereocenters. The van der Waals surface area contributed by atoms with Gasteiger partial charge >= 0.3 is 0 Å². The minimum Gasteiger partial charge on any atom is -0.365 e. The van der Waals surface area contributed by atoms with Crippen molar-refractivity contribution in [1.29, 1.82) is 0 Å². The number of thioether (sulfide) groups is 1. The number of Topliss-reactive ketones (excluding diaryl/α,β-unsaturated/α-hetero) is 1. The third-order valence-electron chi connectivity index (χ3n) is 5.65. The summed E-state index contributed by atoms with van der Waals surface area (Å²) in [5, 5.41) is 10.1. The molecule has 1 aromatic carbocycles. The Morgan fingerprint density at radius 3 is 2.59 bits per heavy atom. The third-order valence-corrected chi connectivity index (χ3v) is 10.0. The molecule has 0 radical (unpaired) electrons. The average Bonchev–Trinajstić information content (AvgIpc) is 3.19. The second-order valence-electron chi connectivity index (χ2n) is 7.46. The summed E-state index contributed by atoms with van der Waals surface area (Å²) in [6.07, 6.45) is 1.42. The van der Waals surface area contributed by atoms with Crippen molar-refractivity contribution in [3.63, 3.8) is 0 Å². The normalized spacial score (nSPS) is 26.5. The maximum absolute atomic E-state index is 13.8. The van der Waals surface area contributed by atoms with Crippen LogP contribution in [0, 0.1) is 0 Å². The lowest BCUT2D eigenvalue weighted by atomic mass is 9.85. The van der Waals surface area contributed by atoms with Crippen molar-refractivity contribution in [2.45, 2.75) is 34.1 Å². The van der Waals surface area contributed by atoms with E-state index in [1.54, 1.807) is 44.3 Å². The smallest absolute Gasteiger partial charge is 0.264 e. The molecule has 3 heterocycles. The Labute approximate surface area is 189 Å². The number of carbonyl (C=O) groups is 2. The Balaban J connectivity index is 1.92. The van der Waals surface area contributed by atoms with E-state index >= 15 is 0 Å². The van der Waals surface area contributed by atoms with Gasteiger partial charge in [-0.05, 0) is 22.9 Å². The summed E-state index contributed by atoms with van der Waals surface area (Å²) in [4.78, 5) is 27.8. The first-order chi connectivity index (χ1) is 15.2. The summed E-state index contributed by atoms with van der Waals surface area (Å²) in [6.45, 7) is 5.18. The molecule has 1 fully saturated rings. The van der Waals surface area contributed by atoms with Gasteiger partial charge in [-0.25, -0.2) is 13.1 Å². The van der Waals surface area contributed by atoms with Crippen molar-refractivity contribution in [1.82, 2.24) is 25.1 Å². The zero-order valence-corrected chi connectivity index (χ0v) is 19.3. The van der Waals surface area contributed by atoms with Crippen molar-refractivity contribution >= 4 is 33.3 Å². The molecule has 32 heavy (non-hydrogen) atoms. The van der Waals surface area contributed by atoms with Crippen LogP contribution in [-0.2, 0) is 26.4 Å². The molecule has 0 bridgehead atoms. The van der Waals surface area contributed by atoms with Gasteiger partial charge in [0.05, 0.1) is 5.70 Å². The van der Waals surface area contributed by atoms with Gasteiger partial charge in [-0.3, -0.25) is 14.5 Å². The number of aryl methyl sites for hydroxylation is 1. The van der Waals surface area contributed by atoms with Gasteiger partial charge in [0.1, 0.15) is 4.58 Å². The predicted octanol–water partition coefficient (Wildman–Crippen LogP) is 1.34. The number of benzene rings is 1. The molecule has 1 amide bonds. The summed E-state index contributed by atoms with van der Waals surface area (Å²) in [5.74, 6) is -1.03. The van der Waals surface area contributed by atoms with Gasteiger partial charge in [0, 0.05) is 26.1 Å². The molecule has 0 aliphatic carbocycles. The number of carbonyl (C=O) groups excluding carboxylic acids is 2. The topological polar surface area (TPSA) is 124 Å². The summed E-state index contributed by atoms with van der Waals surface area (Å²) in [7, 11) is -1.18. The van der Waals surface area contributed by atoms with Crippen LogP contribution in [0.4, 0.5) is 0 Å². The van der Waals surface area contributed by atoms with E-state index in [-0.39, 0.29) is 22.8 Å². The number of ether oxygens (including phenoxy) is 1. The van der Waals surface area contributed by atoms with Crippen LogP contribution in [0.3, 0.4) is 0 Å². The number of aromatic nitrogens is 4. The third kappa shape index (κ3) is 3.05. The largest absolute Gasteiger partial charge is 0.365 e. The molecule has 4 rings (SSSR count). The lowest BCUT2D eigenvalue weighted by molar-refractivity contribution is -0.181. The van der Waals surface area contributed by atoms with Gasteiger partial charge in [0.25, 0.3) is 5.91 Å². The second-order valence-corrected chi connectivity index (χ2v) is 10.9. The molecular weight excluding hydrogens is 454 g/mol. The van der Waals surface area contributed by atoms with Gasteiger partial charge in [-0.2, -0.15) is 0 Å². The standard InChI is InChI=1S/C20H21N5O5S2/c1-5-11-20(30-4)17(27)25-14(15(26)13-9-7-6-8-10-13)12(2)16(32(28,29)18(20)25)31-19-21-22-23-24(19)3/h5-10,16,18H,1,11H2,2-4H3/t16?,18-,20-/m1/s1. The zero-order chi connectivity index (χ0) is 23.3. The van der Waals surface area contributed by atoms with Crippen LogP contribution in [0.2, 0.25) is 0 Å². The Hall–Kier alpha value is -2.83. The minimum atomic E-state index is -4.05. The van der Waals surface area contributed by atoms with Crippen LogP contribution >= 0.6 is 11.8 Å². The van der Waals surface area contributed by atoms with Gasteiger partial charge in [-0.1, -0.05) is 48.2 Å². The van der Waals surface area contributed by atoms with E-state index in [9.17, 15) is 18.0 Å². The van der Waals surface area contributed by atoms with E-state index in [0.717, 1.165) is 16.7 Å². The molecule has 2 aromatic rings. The summed E-state index contributed by atoms with van der Waals surface area (Å²) >= 11 is 0.909. The molecule has 168 valence electrons. The number of allylic oxidation sites excluding steroid dienone is 1. The Bertz CT molecular complexity index is 1240. The number of methoxy groups -OCH3 is 1. The molecule has 1 saturated heterocycles. The summed E-state index contributed by atoms with van der Waals surface area (Å²) in [5.41, 5.74) is -1.04. The lowest BCUT2D eigenvalue weighted by Crippen LogP contribution is -2.79. The molecule has 3 atom stereocenters. The number of β-lactam (4-membered cyclic amide) rings is 1. The van der Waals surface area contributed by atoms with E-state index in [2.05, 4.69) is 22.1 Å². The maximum Gasteiger partial charge on any atom is 0.264 e. The molecule has 2 aliphatic rings. The number of rotatable bonds is 7. The van der Waals surface area contributed by atoms with Crippen LogP contribution < -0.4 is 0 Å². The van der Waals surface area contributed by atoms with E-state index in [4.69, 9.17) is 4.74 Å².